The molecule has 2 aliphatic carbocycles. The van der Waals surface area contributed by atoms with Crippen LogP contribution in [0.15, 0.2) is 24.3 Å². The van der Waals surface area contributed by atoms with E-state index in [1.54, 1.807) is 0 Å². The fraction of sp³-hybridized carbons (Fsp3) is 0.600. The zero-order chi connectivity index (χ0) is 17.9. The van der Waals surface area contributed by atoms with Crippen molar-refractivity contribution in [1.82, 2.24) is 0 Å². The van der Waals surface area contributed by atoms with Gasteiger partial charge in [0.15, 0.2) is 5.41 Å². The Morgan fingerprint density at radius 3 is 1.96 bits per heavy atom. The Bertz CT molecular complexity index is 662. The van der Waals surface area contributed by atoms with Crippen LogP contribution in [-0.4, -0.2) is 23.1 Å². The SMILES string of the molecule is CC(C)(C)OC(=O)C1(C(=O)OC(C)(C)C)C2c3ccccc3C[C@H]21. The Hall–Kier alpha value is -1.84. The maximum atomic E-state index is 13.0. The number of fused-ring (bicyclic) bond motifs is 3. The standard InChI is InChI=1S/C20H26O4/c1-18(2,3)23-16(21)20(17(22)24-19(4,5)6)14-11-12-9-7-8-10-13(12)15(14)20/h7-10,14-15H,11H2,1-6H3/t14-,15?/m1/s1. The molecule has 1 unspecified atom stereocenters. The van der Waals surface area contributed by atoms with Crippen molar-refractivity contribution >= 4 is 11.9 Å². The third kappa shape index (κ3) is 2.62. The predicted octanol–water partition coefficient (Wildman–Crippen LogP) is 3.63. The Morgan fingerprint density at radius 1 is 0.958 bits per heavy atom. The molecule has 4 nitrogen and oxygen atoms in total. The first-order valence-corrected chi connectivity index (χ1v) is 8.51. The van der Waals surface area contributed by atoms with Crippen molar-refractivity contribution in [1.29, 1.82) is 0 Å². The highest BCUT2D eigenvalue weighted by Gasteiger charge is 2.79. The van der Waals surface area contributed by atoms with E-state index in [1.165, 1.54) is 5.56 Å². The van der Waals surface area contributed by atoms with Gasteiger partial charge in [-0.15, -0.1) is 0 Å². The molecule has 0 heterocycles. The summed E-state index contributed by atoms with van der Waals surface area (Å²) in [4.78, 5) is 25.9. The van der Waals surface area contributed by atoms with Gasteiger partial charge in [-0.25, -0.2) is 0 Å². The minimum Gasteiger partial charge on any atom is -0.459 e. The Labute approximate surface area is 143 Å². The van der Waals surface area contributed by atoms with Crippen molar-refractivity contribution < 1.29 is 19.1 Å². The molecule has 3 rings (SSSR count). The maximum absolute atomic E-state index is 13.0. The first kappa shape index (κ1) is 17.0. The minimum atomic E-state index is -1.19. The fourth-order valence-electron chi connectivity index (χ4n) is 3.83. The van der Waals surface area contributed by atoms with Crippen LogP contribution < -0.4 is 0 Å². The molecule has 0 bridgehead atoms. The van der Waals surface area contributed by atoms with Gasteiger partial charge in [0, 0.05) is 5.92 Å². The van der Waals surface area contributed by atoms with Crippen molar-refractivity contribution in [3.05, 3.63) is 35.4 Å². The second-order valence-corrected chi connectivity index (χ2v) is 8.86. The molecular formula is C20H26O4. The summed E-state index contributed by atoms with van der Waals surface area (Å²) in [6.07, 6.45) is 0.722. The van der Waals surface area contributed by atoms with E-state index in [9.17, 15) is 9.59 Å². The first-order chi connectivity index (χ1) is 11.0. The summed E-state index contributed by atoms with van der Waals surface area (Å²) in [5.41, 5.74) is -0.158. The van der Waals surface area contributed by atoms with E-state index in [0.717, 1.165) is 12.0 Å². The quantitative estimate of drug-likeness (QED) is 0.614. The fourth-order valence-corrected chi connectivity index (χ4v) is 3.83. The van der Waals surface area contributed by atoms with Crippen molar-refractivity contribution in [3.8, 4) is 0 Å². The molecule has 0 aliphatic heterocycles. The number of esters is 2. The second-order valence-electron chi connectivity index (χ2n) is 8.86. The minimum absolute atomic E-state index is 0.0559. The average molecular weight is 330 g/mol. The lowest BCUT2D eigenvalue weighted by Crippen LogP contribution is -2.41. The summed E-state index contributed by atoms with van der Waals surface area (Å²) in [6, 6.07) is 8.02. The zero-order valence-electron chi connectivity index (χ0n) is 15.3. The smallest absolute Gasteiger partial charge is 0.324 e. The molecule has 0 N–H and O–H groups in total. The second kappa shape index (κ2) is 5.08. The number of carbonyl (C=O) groups excluding carboxylic acids is 2. The summed E-state index contributed by atoms with van der Waals surface area (Å²) in [7, 11) is 0. The maximum Gasteiger partial charge on any atom is 0.324 e. The predicted molar refractivity (Wildman–Crippen MR) is 90.5 cm³/mol. The van der Waals surface area contributed by atoms with Crippen LogP contribution in [0.4, 0.5) is 0 Å². The molecule has 4 heteroatoms. The van der Waals surface area contributed by atoms with E-state index >= 15 is 0 Å². The molecule has 2 aliphatic rings. The van der Waals surface area contributed by atoms with Gasteiger partial charge in [0.05, 0.1) is 0 Å². The molecule has 2 atom stereocenters. The number of rotatable bonds is 2. The summed E-state index contributed by atoms with van der Waals surface area (Å²) < 4.78 is 11.2. The topological polar surface area (TPSA) is 52.6 Å². The summed E-state index contributed by atoms with van der Waals surface area (Å²) >= 11 is 0. The molecule has 1 saturated carbocycles. The van der Waals surface area contributed by atoms with Crippen molar-refractivity contribution in [2.45, 2.75) is 65.1 Å². The van der Waals surface area contributed by atoms with Gasteiger partial charge in [-0.1, -0.05) is 24.3 Å². The van der Waals surface area contributed by atoms with Gasteiger partial charge in [-0.3, -0.25) is 9.59 Å². The van der Waals surface area contributed by atoms with Gasteiger partial charge in [0.2, 0.25) is 0 Å². The van der Waals surface area contributed by atoms with Gasteiger partial charge in [0.1, 0.15) is 11.2 Å². The van der Waals surface area contributed by atoms with E-state index in [0.29, 0.717) is 0 Å². The van der Waals surface area contributed by atoms with Gasteiger partial charge in [-0.05, 0) is 65.0 Å². The average Bonchev–Trinajstić information content (AvgIpc) is 2.90. The molecule has 130 valence electrons. The summed E-state index contributed by atoms with van der Waals surface area (Å²) in [5.74, 6) is -1.08. The highest BCUT2D eigenvalue weighted by Crippen LogP contribution is 2.71. The monoisotopic (exact) mass is 330 g/mol. The number of hydrogen-bond acceptors (Lipinski definition) is 4. The normalized spacial score (nSPS) is 23.9. The highest BCUT2D eigenvalue weighted by atomic mass is 16.6. The molecule has 24 heavy (non-hydrogen) atoms. The van der Waals surface area contributed by atoms with Crippen molar-refractivity contribution in [2.75, 3.05) is 0 Å². The highest BCUT2D eigenvalue weighted by molar-refractivity contribution is 6.07. The Kier molecular flexibility index (Phi) is 3.60. The number of hydrogen-bond donors (Lipinski definition) is 0. The van der Waals surface area contributed by atoms with Crippen LogP contribution in [0.2, 0.25) is 0 Å². The summed E-state index contributed by atoms with van der Waals surface area (Å²) in [5, 5.41) is 0. The lowest BCUT2D eigenvalue weighted by Gasteiger charge is -2.28. The van der Waals surface area contributed by atoms with Crippen molar-refractivity contribution in [3.63, 3.8) is 0 Å². The number of ether oxygens (including phenoxy) is 2. The number of carbonyl (C=O) groups is 2. The molecule has 0 spiro atoms. The molecule has 0 amide bonds. The molecular weight excluding hydrogens is 304 g/mol. The van der Waals surface area contributed by atoms with E-state index < -0.39 is 28.6 Å². The van der Waals surface area contributed by atoms with Crippen LogP contribution in [0.1, 0.15) is 58.6 Å². The van der Waals surface area contributed by atoms with Crippen LogP contribution in [0.5, 0.6) is 0 Å². The van der Waals surface area contributed by atoms with Crippen molar-refractivity contribution in [2.24, 2.45) is 11.3 Å². The number of benzene rings is 1. The van der Waals surface area contributed by atoms with Crippen LogP contribution >= 0.6 is 0 Å². The molecule has 1 fully saturated rings. The first-order valence-electron chi connectivity index (χ1n) is 8.51. The third-order valence-electron chi connectivity index (χ3n) is 4.67. The largest absolute Gasteiger partial charge is 0.459 e. The molecule has 0 aromatic heterocycles. The lowest BCUT2D eigenvalue weighted by molar-refractivity contribution is -0.178. The van der Waals surface area contributed by atoms with Crippen LogP contribution in [0.3, 0.4) is 0 Å². The van der Waals surface area contributed by atoms with E-state index in [4.69, 9.17) is 9.47 Å². The molecule has 1 aromatic carbocycles. The van der Waals surface area contributed by atoms with Gasteiger partial charge in [-0.2, -0.15) is 0 Å². The molecule has 0 radical (unpaired) electrons. The van der Waals surface area contributed by atoms with Crippen LogP contribution in [0.25, 0.3) is 0 Å². The Morgan fingerprint density at radius 2 is 1.46 bits per heavy atom. The van der Waals surface area contributed by atoms with Crippen LogP contribution in [-0.2, 0) is 25.5 Å². The molecule has 1 aromatic rings. The van der Waals surface area contributed by atoms with Gasteiger partial charge >= 0.3 is 11.9 Å². The van der Waals surface area contributed by atoms with E-state index in [-0.39, 0.29) is 11.8 Å². The third-order valence-corrected chi connectivity index (χ3v) is 4.67. The van der Waals surface area contributed by atoms with Gasteiger partial charge in [0.25, 0.3) is 0 Å². The summed E-state index contributed by atoms with van der Waals surface area (Å²) in [6.45, 7) is 10.9. The lowest BCUT2D eigenvalue weighted by atomic mass is 9.91. The van der Waals surface area contributed by atoms with Crippen LogP contribution in [0, 0.1) is 11.3 Å². The van der Waals surface area contributed by atoms with E-state index in [1.807, 2.05) is 59.7 Å². The van der Waals surface area contributed by atoms with Gasteiger partial charge < -0.3 is 9.47 Å². The Balaban J connectivity index is 1.97. The molecule has 0 saturated heterocycles. The van der Waals surface area contributed by atoms with E-state index in [2.05, 4.69) is 6.07 Å². The zero-order valence-corrected chi connectivity index (χ0v) is 15.3.